The highest BCUT2D eigenvalue weighted by atomic mass is 16.5. The highest BCUT2D eigenvalue weighted by Gasteiger charge is 2.61. The number of aliphatic hydroxyl groups is 1. The lowest BCUT2D eigenvalue weighted by Gasteiger charge is -2.53. The van der Waals surface area contributed by atoms with E-state index in [1.807, 2.05) is 7.05 Å². The molecule has 132 valence electrons. The standard InChI is InChI=1S/C21H31NO2/c1-20-10-8-17-16-7-5-15(24-3)12-14(16)4-6-18(17)19(20)9-11-21(20,23)13-22-2/h5,7,12,17-19,22-23H,4,6,8-11,13H2,1-3H3/t17-,18-,19+,20+,21-/m1/s1. The van der Waals surface area contributed by atoms with Gasteiger partial charge in [0.1, 0.15) is 5.75 Å². The highest BCUT2D eigenvalue weighted by molar-refractivity contribution is 5.40. The van der Waals surface area contributed by atoms with Gasteiger partial charge >= 0.3 is 0 Å². The van der Waals surface area contributed by atoms with Gasteiger partial charge < -0.3 is 15.2 Å². The maximum Gasteiger partial charge on any atom is 0.119 e. The fourth-order valence-corrected chi connectivity index (χ4v) is 6.38. The molecule has 3 heteroatoms. The molecule has 3 nitrogen and oxygen atoms in total. The van der Waals surface area contributed by atoms with Crippen LogP contribution in [-0.4, -0.2) is 31.4 Å². The van der Waals surface area contributed by atoms with E-state index in [1.165, 1.54) is 24.8 Å². The van der Waals surface area contributed by atoms with Crippen molar-refractivity contribution in [3.8, 4) is 5.75 Å². The van der Waals surface area contributed by atoms with Crippen LogP contribution in [0, 0.1) is 17.3 Å². The molecule has 3 aliphatic rings. The van der Waals surface area contributed by atoms with Crippen molar-refractivity contribution < 1.29 is 9.84 Å². The maximum atomic E-state index is 11.3. The Labute approximate surface area is 145 Å². The molecule has 3 aliphatic carbocycles. The smallest absolute Gasteiger partial charge is 0.119 e. The number of methoxy groups -OCH3 is 1. The van der Waals surface area contributed by atoms with Crippen LogP contribution in [0.15, 0.2) is 18.2 Å². The quantitative estimate of drug-likeness (QED) is 0.892. The van der Waals surface area contributed by atoms with Gasteiger partial charge in [-0.1, -0.05) is 13.0 Å². The van der Waals surface area contributed by atoms with Crippen LogP contribution in [0.1, 0.15) is 56.1 Å². The number of benzene rings is 1. The Balaban J connectivity index is 1.65. The molecule has 0 saturated heterocycles. The molecule has 2 N–H and O–H groups in total. The van der Waals surface area contributed by atoms with E-state index < -0.39 is 5.60 Å². The van der Waals surface area contributed by atoms with Gasteiger partial charge in [-0.3, -0.25) is 0 Å². The lowest BCUT2D eigenvalue weighted by molar-refractivity contribution is -0.0995. The minimum absolute atomic E-state index is 0.0706. The van der Waals surface area contributed by atoms with E-state index >= 15 is 0 Å². The number of hydrogen-bond acceptors (Lipinski definition) is 3. The van der Waals surface area contributed by atoms with Crippen LogP contribution in [0.2, 0.25) is 0 Å². The molecule has 0 amide bonds. The molecular weight excluding hydrogens is 298 g/mol. The summed E-state index contributed by atoms with van der Waals surface area (Å²) in [5.41, 5.74) is 2.58. The van der Waals surface area contributed by atoms with Crippen molar-refractivity contribution in [2.75, 3.05) is 20.7 Å². The Morgan fingerprint density at radius 2 is 2.08 bits per heavy atom. The number of rotatable bonds is 3. The van der Waals surface area contributed by atoms with Crippen molar-refractivity contribution in [1.82, 2.24) is 5.32 Å². The van der Waals surface area contributed by atoms with Crippen LogP contribution in [0.5, 0.6) is 5.75 Å². The van der Waals surface area contributed by atoms with E-state index in [1.54, 1.807) is 12.7 Å². The van der Waals surface area contributed by atoms with Gasteiger partial charge in [0, 0.05) is 12.0 Å². The number of nitrogens with one attached hydrogen (secondary N) is 1. The number of likely N-dealkylation sites (N-methyl/N-ethyl adjacent to an activating group) is 1. The normalized spacial score (nSPS) is 40.6. The number of hydrogen-bond donors (Lipinski definition) is 2. The molecule has 0 radical (unpaired) electrons. The van der Waals surface area contributed by atoms with Crippen molar-refractivity contribution in [3.05, 3.63) is 29.3 Å². The van der Waals surface area contributed by atoms with Crippen molar-refractivity contribution in [2.45, 2.75) is 57.0 Å². The first kappa shape index (κ1) is 16.4. The number of fused-ring (bicyclic) bond motifs is 5. The van der Waals surface area contributed by atoms with Crippen molar-refractivity contribution in [3.63, 3.8) is 0 Å². The molecule has 0 bridgehead atoms. The summed E-state index contributed by atoms with van der Waals surface area (Å²) in [6.07, 6.45) is 6.91. The summed E-state index contributed by atoms with van der Waals surface area (Å²) in [5, 5.41) is 14.6. The second kappa shape index (κ2) is 5.74. The van der Waals surface area contributed by atoms with Crippen molar-refractivity contribution in [1.29, 1.82) is 0 Å². The maximum absolute atomic E-state index is 11.3. The Morgan fingerprint density at radius 1 is 1.25 bits per heavy atom. The predicted octanol–water partition coefficient (Wildman–Crippen LogP) is 3.50. The van der Waals surface area contributed by atoms with Gasteiger partial charge in [0.25, 0.3) is 0 Å². The Hall–Kier alpha value is -1.06. The van der Waals surface area contributed by atoms with Crippen molar-refractivity contribution >= 4 is 0 Å². The Morgan fingerprint density at radius 3 is 2.83 bits per heavy atom. The van der Waals surface area contributed by atoms with Crippen LogP contribution in [-0.2, 0) is 6.42 Å². The largest absolute Gasteiger partial charge is 0.497 e. The molecule has 2 fully saturated rings. The Bertz CT molecular complexity index is 630. The topological polar surface area (TPSA) is 41.5 Å². The fourth-order valence-electron chi connectivity index (χ4n) is 6.38. The van der Waals surface area contributed by atoms with Gasteiger partial charge in [0.2, 0.25) is 0 Å². The van der Waals surface area contributed by atoms with Crippen LogP contribution < -0.4 is 10.1 Å². The van der Waals surface area contributed by atoms with Crippen LogP contribution in [0.4, 0.5) is 0 Å². The third kappa shape index (κ3) is 2.17. The first-order valence-electron chi connectivity index (χ1n) is 9.56. The average Bonchev–Trinajstić information content (AvgIpc) is 2.86. The zero-order valence-corrected chi connectivity index (χ0v) is 15.3. The molecule has 0 unspecified atom stereocenters. The summed E-state index contributed by atoms with van der Waals surface area (Å²) in [6.45, 7) is 3.09. The molecular formula is C21H31NO2. The molecule has 1 aromatic carbocycles. The summed E-state index contributed by atoms with van der Waals surface area (Å²) >= 11 is 0. The predicted molar refractivity (Wildman–Crippen MR) is 96.5 cm³/mol. The zero-order valence-electron chi connectivity index (χ0n) is 15.3. The molecule has 2 saturated carbocycles. The first-order valence-corrected chi connectivity index (χ1v) is 9.56. The summed E-state index contributed by atoms with van der Waals surface area (Å²) in [5.74, 6) is 3.05. The summed E-state index contributed by atoms with van der Waals surface area (Å²) in [6, 6.07) is 6.68. The zero-order chi connectivity index (χ0) is 16.9. The van der Waals surface area contributed by atoms with E-state index in [0.717, 1.165) is 37.5 Å². The van der Waals surface area contributed by atoms with Gasteiger partial charge in [-0.25, -0.2) is 0 Å². The molecule has 1 aromatic rings. The second-order valence-corrected chi connectivity index (χ2v) is 8.54. The molecule has 4 rings (SSSR count). The average molecular weight is 329 g/mol. The van der Waals surface area contributed by atoms with Crippen LogP contribution >= 0.6 is 0 Å². The van der Waals surface area contributed by atoms with Gasteiger partial charge in [0.15, 0.2) is 0 Å². The molecule has 0 aromatic heterocycles. The fraction of sp³-hybridized carbons (Fsp3) is 0.714. The highest BCUT2D eigenvalue weighted by Crippen LogP contribution is 2.64. The SMILES string of the molecule is CNC[C@]1(O)CC[C@H]2[C@@H]3CCc4cc(OC)ccc4[C@H]3CC[C@@]21C. The molecule has 5 atom stereocenters. The Kier molecular flexibility index (Phi) is 3.92. The van der Waals surface area contributed by atoms with Gasteiger partial charge in [-0.2, -0.15) is 0 Å². The third-order valence-corrected chi connectivity index (χ3v) is 7.72. The minimum atomic E-state index is -0.530. The van der Waals surface area contributed by atoms with E-state index in [0.29, 0.717) is 11.8 Å². The summed E-state index contributed by atoms with van der Waals surface area (Å²) in [7, 11) is 3.71. The van der Waals surface area contributed by atoms with Crippen molar-refractivity contribution in [2.24, 2.45) is 17.3 Å². The van der Waals surface area contributed by atoms with Gasteiger partial charge in [0.05, 0.1) is 12.7 Å². The monoisotopic (exact) mass is 329 g/mol. The second-order valence-electron chi connectivity index (χ2n) is 8.54. The lowest BCUT2D eigenvalue weighted by Crippen LogP contribution is -2.54. The van der Waals surface area contributed by atoms with E-state index in [4.69, 9.17) is 4.74 Å². The molecule has 0 heterocycles. The lowest BCUT2D eigenvalue weighted by atomic mass is 9.53. The molecule has 24 heavy (non-hydrogen) atoms. The first-order chi connectivity index (χ1) is 11.5. The van der Waals surface area contributed by atoms with E-state index in [-0.39, 0.29) is 5.41 Å². The number of ether oxygens (including phenoxy) is 1. The van der Waals surface area contributed by atoms with E-state index in [9.17, 15) is 5.11 Å². The van der Waals surface area contributed by atoms with E-state index in [2.05, 4.69) is 30.4 Å². The minimum Gasteiger partial charge on any atom is -0.497 e. The molecule has 0 aliphatic heterocycles. The van der Waals surface area contributed by atoms with Gasteiger partial charge in [-0.05, 0) is 86.6 Å². The molecule has 0 spiro atoms. The summed E-state index contributed by atoms with van der Waals surface area (Å²) in [4.78, 5) is 0. The van der Waals surface area contributed by atoms with Crippen LogP contribution in [0.3, 0.4) is 0 Å². The summed E-state index contributed by atoms with van der Waals surface area (Å²) < 4.78 is 5.42. The van der Waals surface area contributed by atoms with Crippen LogP contribution in [0.25, 0.3) is 0 Å². The third-order valence-electron chi connectivity index (χ3n) is 7.72. The van der Waals surface area contributed by atoms with Gasteiger partial charge in [-0.15, -0.1) is 0 Å². The number of aryl methyl sites for hydroxylation is 1.